The molecule has 0 aliphatic carbocycles. The van der Waals surface area contributed by atoms with Gasteiger partial charge in [0.1, 0.15) is 5.82 Å². The van der Waals surface area contributed by atoms with Crippen molar-refractivity contribution in [1.29, 1.82) is 0 Å². The summed E-state index contributed by atoms with van der Waals surface area (Å²) in [6, 6.07) is 5.70. The van der Waals surface area contributed by atoms with E-state index < -0.39 is 0 Å². The third-order valence-corrected chi connectivity index (χ3v) is 2.87. The first-order valence-electron chi connectivity index (χ1n) is 5.79. The van der Waals surface area contributed by atoms with Gasteiger partial charge >= 0.3 is 0 Å². The van der Waals surface area contributed by atoms with Crippen LogP contribution in [0.25, 0.3) is 0 Å². The first kappa shape index (κ1) is 14.2. The lowest BCUT2D eigenvalue weighted by atomic mass is 10.2. The second-order valence-corrected chi connectivity index (χ2v) is 4.63. The van der Waals surface area contributed by atoms with E-state index in [9.17, 15) is 9.18 Å². The van der Waals surface area contributed by atoms with Gasteiger partial charge in [-0.15, -0.1) is 0 Å². The van der Waals surface area contributed by atoms with Crippen molar-refractivity contribution in [1.82, 2.24) is 4.90 Å². The number of halogens is 2. The molecule has 0 atom stereocenters. The molecule has 0 heterocycles. The van der Waals surface area contributed by atoms with Crippen molar-refractivity contribution in [3.63, 3.8) is 0 Å². The predicted molar refractivity (Wildman–Crippen MR) is 71.0 cm³/mol. The molecule has 0 saturated heterocycles. The van der Waals surface area contributed by atoms with Crippen LogP contribution in [0.5, 0.6) is 0 Å². The second kappa shape index (κ2) is 7.43. The van der Waals surface area contributed by atoms with Crippen LogP contribution in [0, 0.1) is 5.82 Å². The summed E-state index contributed by atoms with van der Waals surface area (Å²) in [6.45, 7) is 3.52. The third kappa shape index (κ3) is 4.46. The minimum Gasteiger partial charge on any atom is -0.338 e. The maximum absolute atomic E-state index is 12.8. The highest BCUT2D eigenvalue weighted by Crippen LogP contribution is 2.08. The number of hydrogen-bond donors (Lipinski definition) is 0. The Kier molecular flexibility index (Phi) is 6.19. The number of hydrogen-bond acceptors (Lipinski definition) is 1. The molecule has 2 nitrogen and oxygen atoms in total. The van der Waals surface area contributed by atoms with E-state index in [4.69, 9.17) is 0 Å². The minimum atomic E-state index is -0.317. The molecule has 0 aromatic heterocycles. The molecule has 0 saturated carbocycles. The van der Waals surface area contributed by atoms with Crippen molar-refractivity contribution < 1.29 is 9.18 Å². The number of rotatable bonds is 6. The molecule has 0 N–H and O–H groups in total. The van der Waals surface area contributed by atoms with Crippen LogP contribution in [0.1, 0.15) is 30.1 Å². The number of carbonyl (C=O) groups is 1. The lowest BCUT2D eigenvalue weighted by Crippen LogP contribution is -2.33. The molecule has 1 rings (SSSR count). The molecule has 0 radical (unpaired) electrons. The number of nitrogens with zero attached hydrogens (tertiary/aromatic N) is 1. The topological polar surface area (TPSA) is 20.3 Å². The Balaban J connectivity index is 2.72. The molecule has 1 amide bonds. The zero-order valence-electron chi connectivity index (χ0n) is 9.96. The fourth-order valence-electron chi connectivity index (χ4n) is 1.54. The molecule has 0 fully saturated rings. The van der Waals surface area contributed by atoms with Crippen LogP contribution in [-0.4, -0.2) is 29.2 Å². The maximum Gasteiger partial charge on any atom is 0.253 e. The van der Waals surface area contributed by atoms with Crippen molar-refractivity contribution in [2.24, 2.45) is 0 Å². The van der Waals surface area contributed by atoms with Crippen molar-refractivity contribution in [3.05, 3.63) is 35.6 Å². The van der Waals surface area contributed by atoms with Crippen LogP contribution in [-0.2, 0) is 0 Å². The molecule has 0 aliphatic heterocycles. The number of carbonyl (C=O) groups excluding carboxylic acids is 1. The average molecular weight is 302 g/mol. The van der Waals surface area contributed by atoms with E-state index >= 15 is 0 Å². The molecule has 1 aromatic carbocycles. The summed E-state index contributed by atoms with van der Waals surface area (Å²) in [5, 5.41) is 0.754. The van der Waals surface area contributed by atoms with Crippen molar-refractivity contribution in [2.45, 2.75) is 19.8 Å². The van der Waals surface area contributed by atoms with Crippen molar-refractivity contribution in [3.8, 4) is 0 Å². The van der Waals surface area contributed by atoms with Gasteiger partial charge in [-0.25, -0.2) is 4.39 Å². The minimum absolute atomic E-state index is 0.0297. The Morgan fingerprint density at radius 1 is 1.29 bits per heavy atom. The molecule has 0 bridgehead atoms. The summed E-state index contributed by atoms with van der Waals surface area (Å²) >= 11 is 3.34. The van der Waals surface area contributed by atoms with Gasteiger partial charge < -0.3 is 4.90 Å². The van der Waals surface area contributed by atoms with Gasteiger partial charge in [0.2, 0.25) is 0 Å². The van der Waals surface area contributed by atoms with E-state index in [1.807, 2.05) is 0 Å². The van der Waals surface area contributed by atoms with Gasteiger partial charge in [0, 0.05) is 24.0 Å². The number of benzene rings is 1. The highest BCUT2D eigenvalue weighted by atomic mass is 79.9. The highest BCUT2D eigenvalue weighted by molar-refractivity contribution is 9.09. The van der Waals surface area contributed by atoms with E-state index in [2.05, 4.69) is 22.9 Å². The van der Waals surface area contributed by atoms with Crippen molar-refractivity contribution in [2.75, 3.05) is 18.4 Å². The number of alkyl halides is 1. The number of amides is 1. The molecule has 17 heavy (non-hydrogen) atoms. The van der Waals surface area contributed by atoms with Crippen LogP contribution in [0.15, 0.2) is 24.3 Å². The van der Waals surface area contributed by atoms with Crippen LogP contribution in [0.4, 0.5) is 4.39 Å². The highest BCUT2D eigenvalue weighted by Gasteiger charge is 2.14. The molecule has 1 aromatic rings. The summed E-state index contributed by atoms with van der Waals surface area (Å²) < 4.78 is 12.8. The van der Waals surface area contributed by atoms with Crippen LogP contribution in [0.2, 0.25) is 0 Å². The quantitative estimate of drug-likeness (QED) is 0.737. The van der Waals surface area contributed by atoms with E-state index in [1.165, 1.54) is 24.3 Å². The third-order valence-electron chi connectivity index (χ3n) is 2.51. The Morgan fingerprint density at radius 2 is 1.94 bits per heavy atom. The fourth-order valence-corrected chi connectivity index (χ4v) is 1.97. The largest absolute Gasteiger partial charge is 0.338 e. The Hall–Kier alpha value is -0.900. The molecular formula is C13H17BrFNO. The molecule has 0 spiro atoms. The molecular weight excluding hydrogens is 285 g/mol. The van der Waals surface area contributed by atoms with Crippen LogP contribution >= 0.6 is 15.9 Å². The van der Waals surface area contributed by atoms with Gasteiger partial charge in [-0.3, -0.25) is 4.79 Å². The number of unbranched alkanes of at least 4 members (excludes halogenated alkanes) is 1. The zero-order chi connectivity index (χ0) is 12.7. The van der Waals surface area contributed by atoms with Gasteiger partial charge in [0.15, 0.2) is 0 Å². The summed E-state index contributed by atoms with van der Waals surface area (Å²) in [5.41, 5.74) is 0.545. The van der Waals surface area contributed by atoms with Crippen molar-refractivity contribution >= 4 is 21.8 Å². The SMILES string of the molecule is CCCCN(CCBr)C(=O)c1ccc(F)cc1. The van der Waals surface area contributed by atoms with Gasteiger partial charge in [-0.05, 0) is 30.7 Å². The molecule has 4 heteroatoms. The van der Waals surface area contributed by atoms with E-state index in [1.54, 1.807) is 4.90 Å². The van der Waals surface area contributed by atoms with Gasteiger partial charge in [-0.1, -0.05) is 29.3 Å². The van der Waals surface area contributed by atoms with Crippen LogP contribution in [0.3, 0.4) is 0 Å². The van der Waals surface area contributed by atoms with Crippen LogP contribution < -0.4 is 0 Å². The average Bonchev–Trinajstić information content (AvgIpc) is 2.34. The summed E-state index contributed by atoms with van der Waals surface area (Å²) in [6.07, 6.45) is 2.04. The van der Waals surface area contributed by atoms with Gasteiger partial charge in [0.05, 0.1) is 0 Å². The van der Waals surface area contributed by atoms with Gasteiger partial charge in [0.25, 0.3) is 5.91 Å². The van der Waals surface area contributed by atoms with E-state index in [0.29, 0.717) is 12.1 Å². The Labute approximate surface area is 110 Å². The normalized spacial score (nSPS) is 10.3. The predicted octanol–water partition coefficient (Wildman–Crippen LogP) is 3.46. The fraction of sp³-hybridized carbons (Fsp3) is 0.462. The first-order valence-corrected chi connectivity index (χ1v) is 6.92. The molecule has 0 unspecified atom stereocenters. The Bertz CT molecular complexity index is 353. The Morgan fingerprint density at radius 3 is 2.47 bits per heavy atom. The standard InChI is InChI=1S/C13H17BrFNO/c1-2-3-9-16(10-8-14)13(17)11-4-6-12(15)7-5-11/h4-7H,2-3,8-10H2,1H3. The smallest absolute Gasteiger partial charge is 0.253 e. The summed E-state index contributed by atoms with van der Waals surface area (Å²) in [4.78, 5) is 13.9. The summed E-state index contributed by atoms with van der Waals surface area (Å²) in [7, 11) is 0. The molecule has 94 valence electrons. The van der Waals surface area contributed by atoms with Gasteiger partial charge in [-0.2, -0.15) is 0 Å². The maximum atomic E-state index is 12.8. The second-order valence-electron chi connectivity index (χ2n) is 3.84. The molecule has 0 aliphatic rings. The monoisotopic (exact) mass is 301 g/mol. The van der Waals surface area contributed by atoms with E-state index in [-0.39, 0.29) is 11.7 Å². The first-order chi connectivity index (χ1) is 8.19. The lowest BCUT2D eigenvalue weighted by Gasteiger charge is -2.21. The zero-order valence-corrected chi connectivity index (χ0v) is 11.5. The lowest BCUT2D eigenvalue weighted by molar-refractivity contribution is 0.0764. The van der Waals surface area contributed by atoms with E-state index in [0.717, 1.165) is 24.7 Å². The summed E-state index contributed by atoms with van der Waals surface area (Å²) in [5.74, 6) is -0.347.